The number of ether oxygens (including phenoxy) is 2. The summed E-state index contributed by atoms with van der Waals surface area (Å²) in [4.78, 5) is 0. The first-order valence-corrected chi connectivity index (χ1v) is 8.32. The van der Waals surface area contributed by atoms with E-state index in [1.54, 1.807) is 7.11 Å². The monoisotopic (exact) mass is 313 g/mol. The van der Waals surface area contributed by atoms with Crippen LogP contribution >= 0.6 is 0 Å². The third-order valence-electron chi connectivity index (χ3n) is 3.90. The Labute approximate surface area is 139 Å². The molecule has 1 atom stereocenters. The highest BCUT2D eigenvalue weighted by atomic mass is 16.5. The molecule has 1 N–H and O–H groups in total. The first-order valence-electron chi connectivity index (χ1n) is 8.32. The Bertz CT molecular complexity index is 583. The highest BCUT2D eigenvalue weighted by molar-refractivity contribution is 5.43. The molecule has 1 unspecified atom stereocenters. The lowest BCUT2D eigenvalue weighted by Crippen LogP contribution is -2.18. The van der Waals surface area contributed by atoms with Gasteiger partial charge in [0.2, 0.25) is 0 Å². The molecule has 2 rings (SSSR count). The first-order chi connectivity index (χ1) is 11.2. The summed E-state index contributed by atoms with van der Waals surface area (Å²) in [5.74, 6) is 1.62. The Hall–Kier alpha value is -2.00. The predicted octanol–water partition coefficient (Wildman–Crippen LogP) is 4.72. The Morgan fingerprint density at radius 2 is 1.83 bits per heavy atom. The first kappa shape index (κ1) is 17.4. The molecule has 0 bridgehead atoms. The number of hydrogen-bond acceptors (Lipinski definition) is 3. The van der Waals surface area contributed by atoms with E-state index in [0.29, 0.717) is 6.04 Å². The van der Waals surface area contributed by atoms with Gasteiger partial charge in [-0.05, 0) is 36.6 Å². The van der Waals surface area contributed by atoms with E-state index >= 15 is 0 Å². The average molecular weight is 313 g/mol. The highest BCUT2D eigenvalue weighted by Crippen LogP contribution is 2.28. The Kier molecular flexibility index (Phi) is 6.95. The van der Waals surface area contributed by atoms with Crippen molar-refractivity contribution in [2.24, 2.45) is 0 Å². The van der Waals surface area contributed by atoms with E-state index in [9.17, 15) is 0 Å². The lowest BCUT2D eigenvalue weighted by Gasteiger charge is -2.16. The summed E-state index contributed by atoms with van der Waals surface area (Å²) in [6.07, 6.45) is 2.18. The molecule has 0 saturated heterocycles. The summed E-state index contributed by atoms with van der Waals surface area (Å²) in [6, 6.07) is 16.9. The van der Waals surface area contributed by atoms with Gasteiger partial charge in [0.05, 0.1) is 13.7 Å². The molecule has 0 aliphatic carbocycles. The molecule has 0 heterocycles. The largest absolute Gasteiger partial charge is 0.493 e. The molecule has 0 saturated carbocycles. The third kappa shape index (κ3) is 5.29. The van der Waals surface area contributed by atoms with Gasteiger partial charge in [-0.3, -0.25) is 0 Å². The van der Waals surface area contributed by atoms with Crippen molar-refractivity contribution in [3.63, 3.8) is 0 Å². The number of rotatable bonds is 9. The molecular weight excluding hydrogens is 286 g/mol. The maximum Gasteiger partial charge on any atom is 0.161 e. The fourth-order valence-corrected chi connectivity index (χ4v) is 2.40. The zero-order chi connectivity index (χ0) is 16.5. The zero-order valence-corrected chi connectivity index (χ0v) is 14.3. The molecule has 3 heteroatoms. The molecule has 0 aromatic heterocycles. The molecule has 0 aliphatic heterocycles. The number of hydrogen-bond donors (Lipinski definition) is 1. The number of methoxy groups -OCH3 is 1. The van der Waals surface area contributed by atoms with Gasteiger partial charge < -0.3 is 14.8 Å². The SMILES string of the molecule is CCCCOc1ccc(CNC(C)c2ccccc2)cc1OC. The normalized spacial score (nSPS) is 12.0. The van der Waals surface area contributed by atoms with Gasteiger partial charge in [-0.25, -0.2) is 0 Å². The van der Waals surface area contributed by atoms with Crippen molar-refractivity contribution in [1.29, 1.82) is 0 Å². The third-order valence-corrected chi connectivity index (χ3v) is 3.90. The lowest BCUT2D eigenvalue weighted by molar-refractivity contribution is 0.288. The van der Waals surface area contributed by atoms with E-state index in [-0.39, 0.29) is 0 Å². The standard InChI is InChI=1S/C20H27NO2/c1-4-5-13-23-19-12-11-17(14-20(19)22-3)15-21-16(2)18-9-7-6-8-10-18/h6-12,14,16,21H,4-5,13,15H2,1-3H3. The van der Waals surface area contributed by atoms with Crippen molar-refractivity contribution in [2.45, 2.75) is 39.3 Å². The molecular formula is C20H27NO2. The van der Waals surface area contributed by atoms with Crippen molar-refractivity contribution in [2.75, 3.05) is 13.7 Å². The fraction of sp³-hybridized carbons (Fsp3) is 0.400. The van der Waals surface area contributed by atoms with E-state index in [0.717, 1.165) is 37.5 Å². The maximum atomic E-state index is 5.77. The van der Waals surface area contributed by atoms with Crippen LogP contribution in [0.1, 0.15) is 43.9 Å². The number of nitrogens with one attached hydrogen (secondary N) is 1. The van der Waals surface area contributed by atoms with Gasteiger partial charge in [0.15, 0.2) is 11.5 Å². The summed E-state index contributed by atoms with van der Waals surface area (Å²) in [5.41, 5.74) is 2.48. The van der Waals surface area contributed by atoms with Crippen LogP contribution in [-0.4, -0.2) is 13.7 Å². The van der Waals surface area contributed by atoms with Gasteiger partial charge in [0.1, 0.15) is 0 Å². The van der Waals surface area contributed by atoms with E-state index < -0.39 is 0 Å². The van der Waals surface area contributed by atoms with Crippen LogP contribution in [0, 0.1) is 0 Å². The topological polar surface area (TPSA) is 30.5 Å². The molecule has 23 heavy (non-hydrogen) atoms. The van der Waals surface area contributed by atoms with Gasteiger partial charge >= 0.3 is 0 Å². The van der Waals surface area contributed by atoms with Crippen molar-refractivity contribution >= 4 is 0 Å². The van der Waals surface area contributed by atoms with Crippen LogP contribution in [0.4, 0.5) is 0 Å². The van der Waals surface area contributed by atoms with Crippen molar-refractivity contribution < 1.29 is 9.47 Å². The molecule has 0 spiro atoms. The molecule has 0 amide bonds. The van der Waals surface area contributed by atoms with Crippen LogP contribution in [-0.2, 0) is 6.54 Å². The number of unbranched alkanes of at least 4 members (excludes halogenated alkanes) is 1. The minimum atomic E-state index is 0.308. The zero-order valence-electron chi connectivity index (χ0n) is 14.3. The van der Waals surface area contributed by atoms with Gasteiger partial charge in [-0.1, -0.05) is 49.7 Å². The van der Waals surface area contributed by atoms with Gasteiger partial charge in [0.25, 0.3) is 0 Å². The second-order valence-electron chi connectivity index (χ2n) is 5.70. The molecule has 0 aliphatic rings. The summed E-state index contributed by atoms with van der Waals surface area (Å²) < 4.78 is 11.2. The summed E-state index contributed by atoms with van der Waals surface area (Å²) in [7, 11) is 1.69. The molecule has 2 aromatic rings. The van der Waals surface area contributed by atoms with Crippen LogP contribution in [0.5, 0.6) is 11.5 Å². The van der Waals surface area contributed by atoms with Crippen LogP contribution in [0.15, 0.2) is 48.5 Å². The fourth-order valence-electron chi connectivity index (χ4n) is 2.40. The Morgan fingerprint density at radius 1 is 1.04 bits per heavy atom. The Morgan fingerprint density at radius 3 is 2.52 bits per heavy atom. The van der Waals surface area contributed by atoms with E-state index in [4.69, 9.17) is 9.47 Å². The van der Waals surface area contributed by atoms with Crippen molar-refractivity contribution in [3.8, 4) is 11.5 Å². The molecule has 124 valence electrons. The smallest absolute Gasteiger partial charge is 0.161 e. The predicted molar refractivity (Wildman–Crippen MR) is 95.1 cm³/mol. The van der Waals surface area contributed by atoms with Crippen LogP contribution in [0.2, 0.25) is 0 Å². The van der Waals surface area contributed by atoms with Gasteiger partial charge in [-0.2, -0.15) is 0 Å². The van der Waals surface area contributed by atoms with Crippen LogP contribution < -0.4 is 14.8 Å². The lowest BCUT2D eigenvalue weighted by atomic mass is 10.1. The summed E-state index contributed by atoms with van der Waals surface area (Å²) in [5, 5.41) is 3.54. The van der Waals surface area contributed by atoms with E-state index in [1.807, 2.05) is 18.2 Å². The second-order valence-corrected chi connectivity index (χ2v) is 5.70. The molecule has 0 fully saturated rings. The quantitative estimate of drug-likeness (QED) is 0.679. The number of benzene rings is 2. The minimum absolute atomic E-state index is 0.308. The van der Waals surface area contributed by atoms with Crippen molar-refractivity contribution in [3.05, 3.63) is 59.7 Å². The Balaban J connectivity index is 1.95. The maximum absolute atomic E-state index is 5.77. The van der Waals surface area contributed by atoms with E-state index in [2.05, 4.69) is 49.5 Å². The van der Waals surface area contributed by atoms with Gasteiger partial charge in [0, 0.05) is 12.6 Å². The molecule has 0 radical (unpaired) electrons. The summed E-state index contributed by atoms with van der Waals surface area (Å²) in [6.45, 7) is 5.86. The summed E-state index contributed by atoms with van der Waals surface area (Å²) >= 11 is 0. The highest BCUT2D eigenvalue weighted by Gasteiger charge is 2.08. The van der Waals surface area contributed by atoms with Gasteiger partial charge in [-0.15, -0.1) is 0 Å². The molecule has 3 nitrogen and oxygen atoms in total. The van der Waals surface area contributed by atoms with Crippen LogP contribution in [0.3, 0.4) is 0 Å². The molecule has 2 aromatic carbocycles. The average Bonchev–Trinajstić information content (AvgIpc) is 2.61. The van der Waals surface area contributed by atoms with E-state index in [1.165, 1.54) is 11.1 Å². The van der Waals surface area contributed by atoms with Crippen LogP contribution in [0.25, 0.3) is 0 Å². The van der Waals surface area contributed by atoms with Crippen molar-refractivity contribution in [1.82, 2.24) is 5.32 Å². The second kappa shape index (κ2) is 9.21. The minimum Gasteiger partial charge on any atom is -0.493 e.